The number of halogens is 1. The lowest BCUT2D eigenvalue weighted by Crippen LogP contribution is -2.09. The standard InChI is InChI=1S/C12H16BrN/c1-14-8-11-6-9-4-2-3-5-10(9)7-12(11)13/h6-7,14H,2-5,8H2,1H3. The molecule has 0 saturated carbocycles. The van der Waals surface area contributed by atoms with Gasteiger partial charge in [0.05, 0.1) is 0 Å². The fourth-order valence-electron chi connectivity index (χ4n) is 2.13. The molecule has 76 valence electrons. The monoisotopic (exact) mass is 253 g/mol. The van der Waals surface area contributed by atoms with Gasteiger partial charge in [-0.05, 0) is 55.5 Å². The Labute approximate surface area is 94.0 Å². The van der Waals surface area contributed by atoms with E-state index >= 15 is 0 Å². The molecule has 1 nitrogen and oxygen atoms in total. The first kappa shape index (κ1) is 10.2. The van der Waals surface area contributed by atoms with E-state index in [1.54, 1.807) is 11.1 Å². The van der Waals surface area contributed by atoms with Gasteiger partial charge < -0.3 is 5.32 Å². The summed E-state index contributed by atoms with van der Waals surface area (Å²) in [5.41, 5.74) is 4.49. The number of hydrogen-bond donors (Lipinski definition) is 1. The van der Waals surface area contributed by atoms with E-state index in [1.807, 2.05) is 7.05 Å². The molecule has 1 aliphatic rings. The molecule has 1 aromatic carbocycles. The van der Waals surface area contributed by atoms with Crippen LogP contribution in [0.2, 0.25) is 0 Å². The molecule has 1 aliphatic carbocycles. The number of rotatable bonds is 2. The highest BCUT2D eigenvalue weighted by Gasteiger charge is 2.11. The van der Waals surface area contributed by atoms with Gasteiger partial charge in [-0.3, -0.25) is 0 Å². The predicted octanol–water partition coefficient (Wildman–Crippen LogP) is 3.05. The molecule has 0 atom stereocenters. The third-order valence-corrected chi connectivity index (χ3v) is 3.62. The summed E-state index contributed by atoms with van der Waals surface area (Å²) in [4.78, 5) is 0. The van der Waals surface area contributed by atoms with Gasteiger partial charge in [-0.1, -0.05) is 22.0 Å². The molecule has 0 aliphatic heterocycles. The SMILES string of the molecule is CNCc1cc2c(cc1Br)CCCC2. The predicted molar refractivity (Wildman–Crippen MR) is 63.5 cm³/mol. The maximum Gasteiger partial charge on any atom is 0.0223 e. The van der Waals surface area contributed by atoms with Crippen molar-refractivity contribution in [3.8, 4) is 0 Å². The molecule has 1 aromatic rings. The average Bonchev–Trinajstić information content (AvgIpc) is 2.19. The number of hydrogen-bond acceptors (Lipinski definition) is 1. The summed E-state index contributed by atoms with van der Waals surface area (Å²) in [5.74, 6) is 0. The minimum absolute atomic E-state index is 0.952. The summed E-state index contributed by atoms with van der Waals surface area (Å²) in [5, 5.41) is 3.20. The van der Waals surface area contributed by atoms with Crippen molar-refractivity contribution in [3.05, 3.63) is 33.3 Å². The van der Waals surface area contributed by atoms with Gasteiger partial charge in [0.25, 0.3) is 0 Å². The van der Waals surface area contributed by atoms with Gasteiger partial charge in [0.15, 0.2) is 0 Å². The Morgan fingerprint density at radius 2 is 1.86 bits per heavy atom. The minimum Gasteiger partial charge on any atom is -0.316 e. The quantitative estimate of drug-likeness (QED) is 0.855. The Morgan fingerprint density at radius 1 is 1.21 bits per heavy atom. The maximum absolute atomic E-state index is 3.64. The molecule has 0 heterocycles. The van der Waals surface area contributed by atoms with Gasteiger partial charge in [0.1, 0.15) is 0 Å². The first-order valence-electron chi connectivity index (χ1n) is 5.26. The van der Waals surface area contributed by atoms with Gasteiger partial charge in [-0.25, -0.2) is 0 Å². The largest absolute Gasteiger partial charge is 0.316 e. The molecular formula is C12H16BrN. The Kier molecular flexibility index (Phi) is 3.24. The van der Waals surface area contributed by atoms with E-state index < -0.39 is 0 Å². The molecule has 0 amide bonds. The fraction of sp³-hybridized carbons (Fsp3) is 0.500. The topological polar surface area (TPSA) is 12.0 Å². The molecule has 2 rings (SSSR count). The Morgan fingerprint density at radius 3 is 2.50 bits per heavy atom. The smallest absolute Gasteiger partial charge is 0.0223 e. The lowest BCUT2D eigenvalue weighted by atomic mass is 9.90. The summed E-state index contributed by atoms with van der Waals surface area (Å²) in [6.45, 7) is 0.952. The number of nitrogens with one attached hydrogen (secondary N) is 1. The molecule has 0 saturated heterocycles. The lowest BCUT2D eigenvalue weighted by molar-refractivity contribution is 0.682. The second-order valence-corrected chi connectivity index (χ2v) is 4.80. The molecule has 0 spiro atoms. The lowest BCUT2D eigenvalue weighted by Gasteiger charge is -2.17. The maximum atomic E-state index is 3.64. The van der Waals surface area contributed by atoms with E-state index in [1.165, 1.54) is 35.7 Å². The first-order chi connectivity index (χ1) is 6.81. The van der Waals surface area contributed by atoms with Crippen LogP contribution in [0.3, 0.4) is 0 Å². The van der Waals surface area contributed by atoms with E-state index in [0.29, 0.717) is 0 Å². The third kappa shape index (κ3) is 2.01. The van der Waals surface area contributed by atoms with Crippen molar-refractivity contribution in [2.24, 2.45) is 0 Å². The molecule has 0 fully saturated rings. The molecule has 0 radical (unpaired) electrons. The highest BCUT2D eigenvalue weighted by atomic mass is 79.9. The van der Waals surface area contributed by atoms with Crippen LogP contribution in [-0.2, 0) is 19.4 Å². The zero-order valence-electron chi connectivity index (χ0n) is 8.57. The molecule has 0 aromatic heterocycles. The van der Waals surface area contributed by atoms with Crippen molar-refractivity contribution in [2.45, 2.75) is 32.2 Å². The highest BCUT2D eigenvalue weighted by molar-refractivity contribution is 9.10. The summed E-state index contributed by atoms with van der Waals surface area (Å²) < 4.78 is 1.26. The van der Waals surface area contributed by atoms with Gasteiger partial charge in [-0.15, -0.1) is 0 Å². The van der Waals surface area contributed by atoms with Crippen molar-refractivity contribution in [2.75, 3.05) is 7.05 Å². The van der Waals surface area contributed by atoms with Crippen molar-refractivity contribution in [3.63, 3.8) is 0 Å². The van der Waals surface area contributed by atoms with Gasteiger partial charge in [-0.2, -0.15) is 0 Å². The molecular weight excluding hydrogens is 238 g/mol. The molecule has 14 heavy (non-hydrogen) atoms. The number of fused-ring (bicyclic) bond motifs is 1. The Balaban J connectivity index is 2.35. The van der Waals surface area contributed by atoms with Gasteiger partial charge in [0.2, 0.25) is 0 Å². The average molecular weight is 254 g/mol. The number of aryl methyl sites for hydroxylation is 2. The minimum atomic E-state index is 0.952. The highest BCUT2D eigenvalue weighted by Crippen LogP contribution is 2.27. The molecule has 1 N–H and O–H groups in total. The van der Waals surface area contributed by atoms with Crippen LogP contribution in [-0.4, -0.2) is 7.05 Å². The van der Waals surface area contributed by atoms with Gasteiger partial charge >= 0.3 is 0 Å². The van der Waals surface area contributed by atoms with Crippen LogP contribution in [0, 0.1) is 0 Å². The van der Waals surface area contributed by atoms with Crippen molar-refractivity contribution < 1.29 is 0 Å². The van der Waals surface area contributed by atoms with Crippen LogP contribution in [0.1, 0.15) is 29.5 Å². The van der Waals surface area contributed by atoms with Crippen LogP contribution in [0.15, 0.2) is 16.6 Å². The van der Waals surface area contributed by atoms with Crippen LogP contribution < -0.4 is 5.32 Å². The number of benzene rings is 1. The zero-order chi connectivity index (χ0) is 9.97. The summed E-state index contributed by atoms with van der Waals surface area (Å²) in [6.07, 6.45) is 5.23. The Hall–Kier alpha value is -0.340. The Bertz CT molecular complexity index is 333. The van der Waals surface area contributed by atoms with Crippen molar-refractivity contribution in [1.29, 1.82) is 0 Å². The van der Waals surface area contributed by atoms with E-state index in [-0.39, 0.29) is 0 Å². The van der Waals surface area contributed by atoms with Crippen LogP contribution in [0.4, 0.5) is 0 Å². The van der Waals surface area contributed by atoms with E-state index in [2.05, 4.69) is 33.4 Å². The second kappa shape index (κ2) is 4.45. The van der Waals surface area contributed by atoms with E-state index in [0.717, 1.165) is 6.54 Å². The van der Waals surface area contributed by atoms with Crippen LogP contribution in [0.5, 0.6) is 0 Å². The zero-order valence-corrected chi connectivity index (χ0v) is 10.2. The van der Waals surface area contributed by atoms with E-state index in [9.17, 15) is 0 Å². The second-order valence-electron chi connectivity index (χ2n) is 3.95. The molecule has 2 heteroatoms. The van der Waals surface area contributed by atoms with Gasteiger partial charge in [0, 0.05) is 11.0 Å². The van der Waals surface area contributed by atoms with Crippen molar-refractivity contribution in [1.82, 2.24) is 5.32 Å². The summed E-state index contributed by atoms with van der Waals surface area (Å²) in [6, 6.07) is 4.66. The van der Waals surface area contributed by atoms with E-state index in [4.69, 9.17) is 0 Å². The molecule has 0 bridgehead atoms. The normalized spacial score (nSPS) is 15.3. The summed E-state index contributed by atoms with van der Waals surface area (Å²) in [7, 11) is 1.99. The fourth-order valence-corrected chi connectivity index (χ4v) is 2.66. The third-order valence-electron chi connectivity index (χ3n) is 2.88. The van der Waals surface area contributed by atoms with Crippen molar-refractivity contribution >= 4 is 15.9 Å². The summed E-state index contributed by atoms with van der Waals surface area (Å²) >= 11 is 3.64. The molecule has 0 unspecified atom stereocenters. The van der Waals surface area contributed by atoms with Crippen LogP contribution >= 0.6 is 15.9 Å². The first-order valence-corrected chi connectivity index (χ1v) is 6.05. The van der Waals surface area contributed by atoms with Crippen LogP contribution in [0.25, 0.3) is 0 Å².